The molecule has 0 bridgehead atoms. The average Bonchev–Trinajstić information content (AvgIpc) is 3.24. The first-order valence-corrected chi connectivity index (χ1v) is 10.5. The molecule has 0 saturated heterocycles. The van der Waals surface area contributed by atoms with E-state index in [0.717, 1.165) is 30.6 Å². The fourth-order valence-electron chi connectivity index (χ4n) is 3.57. The second kappa shape index (κ2) is 10.3. The van der Waals surface area contributed by atoms with E-state index in [2.05, 4.69) is 46.4 Å². The van der Waals surface area contributed by atoms with Crippen molar-refractivity contribution < 1.29 is 9.53 Å². The molecule has 0 aliphatic heterocycles. The molecule has 4 aromatic rings. The van der Waals surface area contributed by atoms with Crippen LogP contribution in [0.3, 0.4) is 0 Å². The minimum Gasteiger partial charge on any atom is -0.458 e. The Hall–Kier alpha value is -3.79. The van der Waals surface area contributed by atoms with Crippen molar-refractivity contribution in [1.82, 2.24) is 9.88 Å². The van der Waals surface area contributed by atoms with Crippen LogP contribution in [0.4, 0.5) is 0 Å². The molecule has 0 fully saturated rings. The normalized spacial score (nSPS) is 11.1. The van der Waals surface area contributed by atoms with Crippen LogP contribution >= 0.6 is 0 Å². The number of para-hydroxylation sites is 1. The summed E-state index contributed by atoms with van der Waals surface area (Å²) in [7, 11) is 0. The Balaban J connectivity index is 1.41. The lowest BCUT2D eigenvalue weighted by molar-refractivity contribution is -0.139. The third-order valence-corrected chi connectivity index (χ3v) is 5.22. The summed E-state index contributed by atoms with van der Waals surface area (Å²) in [5, 5.41) is 1.24. The van der Waals surface area contributed by atoms with Gasteiger partial charge in [0.25, 0.3) is 0 Å². The van der Waals surface area contributed by atoms with Crippen LogP contribution in [0.1, 0.15) is 16.7 Å². The Bertz CT molecular complexity index is 1130. The van der Waals surface area contributed by atoms with Crippen molar-refractivity contribution >= 4 is 16.9 Å². The van der Waals surface area contributed by atoms with Crippen molar-refractivity contribution in [2.45, 2.75) is 19.6 Å². The van der Waals surface area contributed by atoms with Crippen LogP contribution in [-0.4, -0.2) is 22.4 Å². The molecule has 0 saturated carbocycles. The number of aromatic nitrogens is 1. The zero-order valence-electron chi connectivity index (χ0n) is 17.4. The first kappa shape index (κ1) is 20.5. The van der Waals surface area contributed by atoms with E-state index in [4.69, 9.17) is 4.74 Å². The summed E-state index contributed by atoms with van der Waals surface area (Å²) in [5.41, 5.74) is 4.59. The summed E-state index contributed by atoms with van der Waals surface area (Å²) in [4.78, 5) is 17.7. The summed E-state index contributed by atoms with van der Waals surface area (Å²) in [6.45, 7) is 1.79. The summed E-state index contributed by atoms with van der Waals surface area (Å²) in [6, 6.07) is 28.3. The van der Waals surface area contributed by atoms with Crippen molar-refractivity contribution in [3.05, 3.63) is 120 Å². The average molecular weight is 411 g/mol. The zero-order chi connectivity index (χ0) is 21.3. The molecule has 31 heavy (non-hydrogen) atoms. The van der Waals surface area contributed by atoms with E-state index in [1.807, 2.05) is 60.8 Å². The van der Waals surface area contributed by atoms with E-state index in [0.29, 0.717) is 0 Å². The number of esters is 1. The largest absolute Gasteiger partial charge is 0.458 e. The number of nitrogens with one attached hydrogen (secondary N) is 1. The Morgan fingerprint density at radius 1 is 0.871 bits per heavy atom. The molecule has 4 nitrogen and oxygen atoms in total. The van der Waals surface area contributed by atoms with Gasteiger partial charge in [-0.3, -0.25) is 0 Å². The number of carbonyl (C=O) groups is 1. The Morgan fingerprint density at radius 2 is 1.55 bits per heavy atom. The summed E-state index contributed by atoms with van der Waals surface area (Å²) >= 11 is 0. The maximum atomic E-state index is 12.2. The van der Waals surface area contributed by atoms with Crippen LogP contribution in [0.25, 0.3) is 10.9 Å². The molecule has 4 heteroatoms. The zero-order valence-corrected chi connectivity index (χ0v) is 17.4. The minimum absolute atomic E-state index is 0.276. The van der Waals surface area contributed by atoms with Crippen LogP contribution in [0.5, 0.6) is 0 Å². The topological polar surface area (TPSA) is 45.3 Å². The van der Waals surface area contributed by atoms with Crippen molar-refractivity contribution in [3.63, 3.8) is 0 Å². The Labute approximate surface area is 182 Å². The summed E-state index contributed by atoms with van der Waals surface area (Å²) in [6.07, 6.45) is 6.31. The summed E-state index contributed by atoms with van der Waals surface area (Å²) < 4.78 is 5.38. The smallest absolute Gasteiger partial charge is 0.332 e. The molecule has 0 amide bonds. The number of fused-ring (bicyclic) bond motifs is 1. The van der Waals surface area contributed by atoms with Gasteiger partial charge in [0.2, 0.25) is 0 Å². The van der Waals surface area contributed by atoms with Gasteiger partial charge in [-0.2, -0.15) is 0 Å². The van der Waals surface area contributed by atoms with E-state index >= 15 is 0 Å². The molecule has 1 heterocycles. The van der Waals surface area contributed by atoms with Gasteiger partial charge in [0.05, 0.1) is 0 Å². The number of benzene rings is 3. The highest BCUT2D eigenvalue weighted by Gasteiger charge is 2.07. The van der Waals surface area contributed by atoms with Crippen molar-refractivity contribution in [2.75, 3.05) is 6.54 Å². The van der Waals surface area contributed by atoms with Gasteiger partial charge in [0.1, 0.15) is 6.61 Å². The number of hydrogen-bond donors (Lipinski definition) is 1. The first-order chi connectivity index (χ1) is 15.3. The number of H-pyrrole nitrogens is 1. The van der Waals surface area contributed by atoms with E-state index < -0.39 is 0 Å². The molecule has 0 atom stereocenters. The molecule has 0 unspecified atom stereocenters. The standard InChI is InChI=1S/C27H26N2O2/c30-27(31-21-23-11-5-2-6-12-23)16-18-29(20-22-9-3-1-4-10-22)17-15-24-19-28-26-14-8-7-13-25(24)26/h1-14,16,18-19,28H,15,17,20-21H2/b18-16+. The molecule has 1 aromatic heterocycles. The quantitative estimate of drug-likeness (QED) is 0.294. The summed E-state index contributed by atoms with van der Waals surface area (Å²) in [5.74, 6) is -0.339. The van der Waals surface area contributed by atoms with Crippen molar-refractivity contribution in [3.8, 4) is 0 Å². The van der Waals surface area contributed by atoms with Gasteiger partial charge in [0.15, 0.2) is 0 Å². The molecule has 0 spiro atoms. The van der Waals surface area contributed by atoms with E-state index in [1.165, 1.54) is 22.6 Å². The monoisotopic (exact) mass is 410 g/mol. The third kappa shape index (κ3) is 5.86. The molecule has 0 aliphatic carbocycles. The van der Waals surface area contributed by atoms with Gasteiger partial charge in [-0.15, -0.1) is 0 Å². The number of carbonyl (C=O) groups excluding carboxylic acids is 1. The Kier molecular flexibility index (Phi) is 6.81. The van der Waals surface area contributed by atoms with Crippen LogP contribution < -0.4 is 0 Å². The van der Waals surface area contributed by atoms with Gasteiger partial charge < -0.3 is 14.6 Å². The van der Waals surface area contributed by atoms with Crippen LogP contribution in [0.2, 0.25) is 0 Å². The van der Waals surface area contributed by atoms with Gasteiger partial charge in [0, 0.05) is 42.5 Å². The maximum absolute atomic E-state index is 12.2. The number of nitrogens with zero attached hydrogens (tertiary/aromatic N) is 1. The highest BCUT2D eigenvalue weighted by Crippen LogP contribution is 2.19. The second-order valence-electron chi connectivity index (χ2n) is 7.47. The van der Waals surface area contributed by atoms with Crippen molar-refractivity contribution in [1.29, 1.82) is 0 Å². The molecule has 3 aromatic carbocycles. The number of ether oxygens (including phenoxy) is 1. The van der Waals surface area contributed by atoms with Gasteiger partial charge in [-0.25, -0.2) is 4.79 Å². The lowest BCUT2D eigenvalue weighted by Gasteiger charge is -2.20. The van der Waals surface area contributed by atoms with Crippen LogP contribution in [-0.2, 0) is 29.1 Å². The van der Waals surface area contributed by atoms with Crippen LogP contribution in [0.15, 0.2) is 103 Å². The van der Waals surface area contributed by atoms with E-state index in [9.17, 15) is 4.79 Å². The molecular formula is C27H26N2O2. The highest BCUT2D eigenvalue weighted by molar-refractivity contribution is 5.83. The number of rotatable bonds is 9. The molecular weight excluding hydrogens is 384 g/mol. The lowest BCUT2D eigenvalue weighted by atomic mass is 10.1. The van der Waals surface area contributed by atoms with E-state index in [1.54, 1.807) is 0 Å². The molecule has 156 valence electrons. The fourth-order valence-corrected chi connectivity index (χ4v) is 3.57. The minimum atomic E-state index is -0.339. The second-order valence-corrected chi connectivity index (χ2v) is 7.47. The lowest BCUT2D eigenvalue weighted by Crippen LogP contribution is -2.20. The van der Waals surface area contributed by atoms with Crippen molar-refractivity contribution in [2.24, 2.45) is 0 Å². The van der Waals surface area contributed by atoms with Gasteiger partial charge >= 0.3 is 5.97 Å². The van der Waals surface area contributed by atoms with Gasteiger partial charge in [-0.1, -0.05) is 78.9 Å². The van der Waals surface area contributed by atoms with Crippen LogP contribution in [0, 0.1) is 0 Å². The van der Waals surface area contributed by atoms with E-state index in [-0.39, 0.29) is 12.6 Å². The fraction of sp³-hybridized carbons (Fsp3) is 0.148. The number of aromatic amines is 1. The Morgan fingerprint density at radius 3 is 2.32 bits per heavy atom. The molecule has 0 aliphatic rings. The molecule has 1 N–H and O–H groups in total. The maximum Gasteiger partial charge on any atom is 0.332 e. The highest BCUT2D eigenvalue weighted by atomic mass is 16.5. The first-order valence-electron chi connectivity index (χ1n) is 10.5. The molecule has 4 rings (SSSR count). The third-order valence-electron chi connectivity index (χ3n) is 5.22. The van der Waals surface area contributed by atoms with Gasteiger partial charge in [-0.05, 0) is 29.2 Å². The SMILES string of the molecule is O=C(/C=C/N(CCc1c[nH]c2ccccc12)Cc1ccccc1)OCc1ccccc1. The number of hydrogen-bond acceptors (Lipinski definition) is 3. The predicted octanol–water partition coefficient (Wildman–Crippen LogP) is 5.47. The predicted molar refractivity (Wildman–Crippen MR) is 124 cm³/mol. The molecule has 0 radical (unpaired) electrons.